The van der Waals surface area contributed by atoms with Crippen LogP contribution in [0.15, 0.2) is 47.3 Å². The van der Waals surface area contributed by atoms with Gasteiger partial charge >= 0.3 is 0 Å². The van der Waals surface area contributed by atoms with Crippen LogP contribution in [0.4, 0.5) is 0 Å². The van der Waals surface area contributed by atoms with Crippen molar-refractivity contribution in [1.29, 1.82) is 0 Å². The maximum atomic E-state index is 13.6. The zero-order valence-corrected chi connectivity index (χ0v) is 21.3. The van der Waals surface area contributed by atoms with E-state index in [1.54, 1.807) is 30.3 Å². The molecule has 2 heterocycles. The number of likely N-dealkylation sites (tertiary alicyclic amines) is 1. The van der Waals surface area contributed by atoms with Crippen molar-refractivity contribution in [3.8, 4) is 17.1 Å². The van der Waals surface area contributed by atoms with Crippen LogP contribution in [-0.4, -0.2) is 52.6 Å². The van der Waals surface area contributed by atoms with E-state index in [0.717, 1.165) is 19.6 Å². The number of carbonyl (C=O) groups excluding carboxylic acids is 1. The second kappa shape index (κ2) is 11.2. The molecule has 0 bridgehead atoms. The summed E-state index contributed by atoms with van der Waals surface area (Å²) in [7, 11) is 0. The molecule has 0 aliphatic carbocycles. The van der Waals surface area contributed by atoms with Crippen molar-refractivity contribution < 1.29 is 9.53 Å². The summed E-state index contributed by atoms with van der Waals surface area (Å²) in [6.07, 6.45) is 2.54. The minimum Gasteiger partial charge on any atom is -0.493 e. The van der Waals surface area contributed by atoms with Gasteiger partial charge in [0.15, 0.2) is 0 Å². The first-order valence-corrected chi connectivity index (χ1v) is 12.6. The molecule has 1 fully saturated rings. The van der Waals surface area contributed by atoms with Gasteiger partial charge in [0.05, 0.1) is 17.5 Å². The van der Waals surface area contributed by atoms with Crippen molar-refractivity contribution >= 4 is 28.4 Å². The van der Waals surface area contributed by atoms with Gasteiger partial charge in [-0.05, 0) is 70.1 Å². The molecule has 1 aliphatic heterocycles. The predicted molar refractivity (Wildman–Crippen MR) is 140 cm³/mol. The van der Waals surface area contributed by atoms with Gasteiger partial charge in [0.1, 0.15) is 18.1 Å². The Morgan fingerprint density at radius 3 is 2.63 bits per heavy atom. The predicted octanol–water partition coefficient (Wildman–Crippen LogP) is 4.35. The van der Waals surface area contributed by atoms with E-state index in [0.29, 0.717) is 45.6 Å². The number of benzene rings is 2. The lowest BCUT2D eigenvalue weighted by Gasteiger charge is -2.20. The van der Waals surface area contributed by atoms with Crippen molar-refractivity contribution in [3.63, 3.8) is 0 Å². The summed E-state index contributed by atoms with van der Waals surface area (Å²) >= 11 is 6.20. The highest BCUT2D eigenvalue weighted by Gasteiger charge is 2.18. The molecular formula is C27H33ClN4O3. The molecule has 7 nitrogen and oxygen atoms in total. The number of hydrogen-bond acceptors (Lipinski definition) is 5. The molecule has 0 unspecified atom stereocenters. The fraction of sp³-hybridized carbons (Fsp3) is 0.444. The van der Waals surface area contributed by atoms with Crippen LogP contribution < -0.4 is 15.6 Å². The number of nitrogens with zero attached hydrogens (tertiary/aromatic N) is 3. The molecule has 0 saturated carbocycles. The molecule has 35 heavy (non-hydrogen) atoms. The topological polar surface area (TPSA) is 76.5 Å². The third-order valence-corrected chi connectivity index (χ3v) is 6.30. The highest BCUT2D eigenvalue weighted by molar-refractivity contribution is 6.30. The van der Waals surface area contributed by atoms with Gasteiger partial charge in [-0.1, -0.05) is 30.7 Å². The molecule has 3 aromatic rings. The van der Waals surface area contributed by atoms with Crippen LogP contribution in [0.5, 0.6) is 5.75 Å². The monoisotopic (exact) mass is 496 g/mol. The summed E-state index contributed by atoms with van der Waals surface area (Å²) in [5.41, 5.74) is 0.923. The first-order chi connectivity index (χ1) is 16.8. The Balaban J connectivity index is 1.65. The first kappa shape index (κ1) is 25.2. The fourth-order valence-corrected chi connectivity index (χ4v) is 4.68. The van der Waals surface area contributed by atoms with Crippen molar-refractivity contribution in [2.75, 3.05) is 26.2 Å². The molecule has 1 N–H and O–H groups in total. The average Bonchev–Trinajstić information content (AvgIpc) is 3.32. The molecule has 4 rings (SSSR count). The van der Waals surface area contributed by atoms with E-state index in [-0.39, 0.29) is 24.1 Å². The second-order valence-electron chi connectivity index (χ2n) is 9.66. The molecule has 1 amide bonds. The average molecular weight is 497 g/mol. The van der Waals surface area contributed by atoms with Crippen molar-refractivity contribution in [2.45, 2.75) is 46.2 Å². The minimum atomic E-state index is -0.292. The first-order valence-electron chi connectivity index (χ1n) is 12.2. The molecule has 1 aliphatic rings. The third-order valence-electron chi connectivity index (χ3n) is 6.06. The third kappa shape index (κ3) is 6.41. The van der Waals surface area contributed by atoms with E-state index in [9.17, 15) is 9.59 Å². The van der Waals surface area contributed by atoms with E-state index in [2.05, 4.69) is 17.1 Å². The summed E-state index contributed by atoms with van der Waals surface area (Å²) in [4.78, 5) is 33.4. The smallest absolute Gasteiger partial charge is 0.262 e. The van der Waals surface area contributed by atoms with Crippen LogP contribution in [0.25, 0.3) is 22.3 Å². The van der Waals surface area contributed by atoms with Crippen LogP contribution in [0.3, 0.4) is 0 Å². The van der Waals surface area contributed by atoms with Crippen LogP contribution in [0.2, 0.25) is 5.02 Å². The van der Waals surface area contributed by atoms with Gasteiger partial charge in [-0.15, -0.1) is 0 Å². The van der Waals surface area contributed by atoms with Gasteiger partial charge in [-0.2, -0.15) is 0 Å². The van der Waals surface area contributed by atoms with Gasteiger partial charge in [0.25, 0.3) is 5.56 Å². The van der Waals surface area contributed by atoms with Gasteiger partial charge in [0, 0.05) is 29.1 Å². The molecule has 0 radical (unpaired) electrons. The zero-order chi connectivity index (χ0) is 24.9. The Morgan fingerprint density at radius 1 is 1.14 bits per heavy atom. The number of rotatable bonds is 9. The number of halogens is 1. The SMILES string of the molecule is CC(C)NC(=O)Cn1c(-c2cccc(Cl)c2)nc2ccc(OC[C@@H](C)CN3CCCC3)cc2c1=O. The van der Waals surface area contributed by atoms with Crippen molar-refractivity contribution in [2.24, 2.45) is 5.92 Å². The molecule has 8 heteroatoms. The minimum absolute atomic E-state index is 0.0382. The Labute approximate surface area is 211 Å². The number of fused-ring (bicyclic) bond motifs is 1. The maximum absolute atomic E-state index is 13.6. The van der Waals surface area contributed by atoms with Crippen LogP contribution in [0.1, 0.15) is 33.6 Å². The number of ether oxygens (including phenoxy) is 1. The van der Waals surface area contributed by atoms with Gasteiger partial charge < -0.3 is 15.0 Å². The molecular weight excluding hydrogens is 464 g/mol. The maximum Gasteiger partial charge on any atom is 0.262 e. The van der Waals surface area contributed by atoms with Crippen LogP contribution >= 0.6 is 11.6 Å². The lowest BCUT2D eigenvalue weighted by Crippen LogP contribution is -2.37. The Morgan fingerprint density at radius 2 is 1.91 bits per heavy atom. The zero-order valence-electron chi connectivity index (χ0n) is 20.6. The highest BCUT2D eigenvalue weighted by atomic mass is 35.5. The summed E-state index contributed by atoms with van der Waals surface area (Å²) in [6.45, 7) is 9.70. The van der Waals surface area contributed by atoms with E-state index in [1.165, 1.54) is 17.4 Å². The Bertz CT molecular complexity index is 1250. The number of hydrogen-bond donors (Lipinski definition) is 1. The highest BCUT2D eigenvalue weighted by Crippen LogP contribution is 2.24. The lowest BCUT2D eigenvalue weighted by atomic mass is 10.1. The van der Waals surface area contributed by atoms with Gasteiger partial charge in [0.2, 0.25) is 5.91 Å². The van der Waals surface area contributed by atoms with E-state index in [4.69, 9.17) is 21.3 Å². The molecule has 1 atom stereocenters. The quantitative estimate of drug-likeness (QED) is 0.476. The van der Waals surface area contributed by atoms with Gasteiger partial charge in [-0.25, -0.2) is 4.98 Å². The fourth-order valence-electron chi connectivity index (χ4n) is 4.49. The van der Waals surface area contributed by atoms with Gasteiger partial charge in [-0.3, -0.25) is 14.2 Å². The Kier molecular flexibility index (Phi) is 8.08. The normalized spacial score (nSPS) is 15.0. The number of aromatic nitrogens is 2. The summed E-state index contributed by atoms with van der Waals surface area (Å²) in [6, 6.07) is 12.5. The lowest BCUT2D eigenvalue weighted by molar-refractivity contribution is -0.122. The standard InChI is InChI=1S/C27H33ClN4O3/c1-18(2)29-25(33)16-32-26(20-7-6-8-21(28)13-20)30-24-10-9-22(14-23(24)27(32)34)35-17-19(3)15-31-11-4-5-12-31/h6-10,13-14,18-19H,4-5,11-12,15-17H2,1-3H3,(H,29,33)/t19-/m0/s1. The number of nitrogens with one attached hydrogen (secondary N) is 1. The Hall–Kier alpha value is -2.90. The second-order valence-corrected chi connectivity index (χ2v) is 10.1. The summed E-state index contributed by atoms with van der Waals surface area (Å²) < 4.78 is 7.45. The van der Waals surface area contributed by atoms with E-state index >= 15 is 0 Å². The molecule has 186 valence electrons. The number of carbonyl (C=O) groups is 1. The summed E-state index contributed by atoms with van der Waals surface area (Å²) in [5.74, 6) is 1.15. The molecule has 1 aromatic heterocycles. The molecule has 2 aromatic carbocycles. The van der Waals surface area contributed by atoms with Crippen LogP contribution in [-0.2, 0) is 11.3 Å². The van der Waals surface area contributed by atoms with Crippen LogP contribution in [0, 0.1) is 5.92 Å². The van der Waals surface area contributed by atoms with Crippen molar-refractivity contribution in [1.82, 2.24) is 19.8 Å². The van der Waals surface area contributed by atoms with E-state index in [1.807, 2.05) is 26.0 Å². The largest absolute Gasteiger partial charge is 0.493 e. The van der Waals surface area contributed by atoms with E-state index < -0.39 is 0 Å². The molecule has 0 spiro atoms. The van der Waals surface area contributed by atoms with Crippen molar-refractivity contribution in [3.05, 3.63) is 57.8 Å². The summed E-state index contributed by atoms with van der Waals surface area (Å²) in [5, 5.41) is 3.79. The number of amides is 1. The molecule has 1 saturated heterocycles.